The van der Waals surface area contributed by atoms with Crippen molar-refractivity contribution in [1.82, 2.24) is 9.55 Å². The molecule has 0 aliphatic carbocycles. The fraction of sp³-hybridized carbons (Fsp3) is 0.278. The number of nitrogens with zero attached hydrogens (tertiary/aromatic N) is 2. The van der Waals surface area contributed by atoms with Gasteiger partial charge in [0.1, 0.15) is 5.82 Å². The van der Waals surface area contributed by atoms with Gasteiger partial charge in [-0.05, 0) is 17.7 Å². The summed E-state index contributed by atoms with van der Waals surface area (Å²) in [5.41, 5.74) is 0.997. The third-order valence-electron chi connectivity index (χ3n) is 4.43. The van der Waals surface area contributed by atoms with Crippen molar-refractivity contribution in [1.29, 1.82) is 0 Å². The van der Waals surface area contributed by atoms with E-state index in [1.54, 1.807) is 23.8 Å². The average molecular weight is 371 g/mol. The third kappa shape index (κ3) is 2.76. The molecule has 7 nitrogen and oxygen atoms in total. The Balaban J connectivity index is 1.83. The Morgan fingerprint density at radius 1 is 1.38 bits per heavy atom. The van der Waals surface area contributed by atoms with Gasteiger partial charge >= 0.3 is 0 Å². The molecule has 1 N–H and O–H groups in total. The van der Waals surface area contributed by atoms with Crippen LogP contribution in [-0.2, 0) is 11.8 Å². The van der Waals surface area contributed by atoms with Crippen molar-refractivity contribution < 1.29 is 14.3 Å². The molecule has 1 atom stereocenters. The minimum absolute atomic E-state index is 0.138. The minimum Gasteiger partial charge on any atom is -0.454 e. The summed E-state index contributed by atoms with van der Waals surface area (Å²) in [4.78, 5) is 29.3. The Morgan fingerprint density at radius 2 is 2.19 bits per heavy atom. The molecular weight excluding hydrogens is 354 g/mol. The van der Waals surface area contributed by atoms with Gasteiger partial charge < -0.3 is 19.4 Å². The Kier molecular flexibility index (Phi) is 4.20. The smallest absolute Gasteiger partial charge is 0.279 e. The lowest BCUT2D eigenvalue weighted by Crippen LogP contribution is -2.33. The number of benzene rings is 1. The van der Waals surface area contributed by atoms with E-state index in [0.29, 0.717) is 33.8 Å². The zero-order valence-corrected chi connectivity index (χ0v) is 15.0. The molecule has 0 spiro atoms. The lowest BCUT2D eigenvalue weighted by Gasteiger charge is -2.27. The second-order valence-electron chi connectivity index (χ2n) is 6.04. The summed E-state index contributed by atoms with van der Waals surface area (Å²) in [6.45, 7) is 3.85. The molecule has 2 aromatic rings. The summed E-state index contributed by atoms with van der Waals surface area (Å²) in [5.74, 6) is 1.89. The maximum absolute atomic E-state index is 12.8. The first-order valence-electron chi connectivity index (χ1n) is 8.12. The summed E-state index contributed by atoms with van der Waals surface area (Å²) in [5, 5.41) is 3.37. The number of rotatable bonds is 4. The van der Waals surface area contributed by atoms with Crippen molar-refractivity contribution in [2.24, 2.45) is 7.05 Å². The number of fused-ring (bicyclic) bond motifs is 2. The number of carbonyl (C=O) groups excluding carboxylic acids is 1. The topological polar surface area (TPSA) is 82.5 Å². The standard InChI is InChI=1S/C18H17N3O4S/c1-3-6-26-18-20-17(23)15-11(8-14(22)19-16(15)21(18)2)10-4-5-12-13(7-10)25-9-24-12/h3-5,7,11H,1,6,8-9H2,2H3,(H,19,22). The zero-order chi connectivity index (χ0) is 18.3. The molecule has 26 heavy (non-hydrogen) atoms. The van der Waals surface area contributed by atoms with Gasteiger partial charge in [-0.3, -0.25) is 9.59 Å². The van der Waals surface area contributed by atoms with Crippen LogP contribution in [0.1, 0.15) is 23.5 Å². The van der Waals surface area contributed by atoms with Gasteiger partial charge in [0.2, 0.25) is 12.7 Å². The normalized spacial score (nSPS) is 17.6. The highest BCUT2D eigenvalue weighted by Gasteiger charge is 2.33. The molecule has 134 valence electrons. The highest BCUT2D eigenvalue weighted by Crippen LogP contribution is 2.40. The molecule has 1 unspecified atom stereocenters. The van der Waals surface area contributed by atoms with Crippen LogP contribution in [0.5, 0.6) is 11.5 Å². The van der Waals surface area contributed by atoms with E-state index in [1.165, 1.54) is 11.8 Å². The maximum atomic E-state index is 12.8. The van der Waals surface area contributed by atoms with Crippen LogP contribution >= 0.6 is 11.8 Å². The van der Waals surface area contributed by atoms with E-state index < -0.39 is 0 Å². The summed E-state index contributed by atoms with van der Waals surface area (Å²) >= 11 is 1.39. The van der Waals surface area contributed by atoms with Gasteiger partial charge in [-0.1, -0.05) is 23.9 Å². The largest absolute Gasteiger partial charge is 0.454 e. The first-order valence-corrected chi connectivity index (χ1v) is 9.11. The van der Waals surface area contributed by atoms with Crippen molar-refractivity contribution in [2.45, 2.75) is 17.5 Å². The number of hydrogen-bond donors (Lipinski definition) is 1. The fourth-order valence-corrected chi connectivity index (χ4v) is 3.91. The molecule has 8 heteroatoms. The van der Waals surface area contributed by atoms with Crippen LogP contribution in [0.2, 0.25) is 0 Å². The van der Waals surface area contributed by atoms with E-state index in [4.69, 9.17) is 9.47 Å². The first kappa shape index (κ1) is 16.7. The van der Waals surface area contributed by atoms with E-state index >= 15 is 0 Å². The average Bonchev–Trinajstić information content (AvgIpc) is 3.10. The molecule has 2 aliphatic rings. The second kappa shape index (κ2) is 6.53. The minimum atomic E-state index is -0.377. The second-order valence-corrected chi connectivity index (χ2v) is 7.03. The predicted molar refractivity (Wildman–Crippen MR) is 98.1 cm³/mol. The highest BCUT2D eigenvalue weighted by atomic mass is 32.2. The van der Waals surface area contributed by atoms with Gasteiger partial charge in [-0.2, -0.15) is 4.98 Å². The van der Waals surface area contributed by atoms with E-state index in [0.717, 1.165) is 5.56 Å². The van der Waals surface area contributed by atoms with E-state index in [9.17, 15) is 9.59 Å². The van der Waals surface area contributed by atoms with Crippen molar-refractivity contribution >= 4 is 23.5 Å². The van der Waals surface area contributed by atoms with E-state index in [-0.39, 0.29) is 30.6 Å². The van der Waals surface area contributed by atoms with Gasteiger partial charge in [0.05, 0.1) is 5.56 Å². The number of amides is 1. The monoisotopic (exact) mass is 371 g/mol. The Hall–Kier alpha value is -2.74. The summed E-state index contributed by atoms with van der Waals surface area (Å²) in [7, 11) is 1.79. The summed E-state index contributed by atoms with van der Waals surface area (Å²) < 4.78 is 12.5. The molecule has 0 bridgehead atoms. The lowest BCUT2D eigenvalue weighted by molar-refractivity contribution is -0.116. The number of thioether (sulfide) groups is 1. The number of nitrogens with one attached hydrogen (secondary N) is 1. The fourth-order valence-electron chi connectivity index (χ4n) is 3.21. The van der Waals surface area contributed by atoms with Gasteiger partial charge in [-0.25, -0.2) is 0 Å². The number of hydrogen-bond acceptors (Lipinski definition) is 6. The first-order chi connectivity index (χ1) is 12.6. The Morgan fingerprint density at radius 3 is 3.00 bits per heavy atom. The van der Waals surface area contributed by atoms with Crippen molar-refractivity contribution in [3.63, 3.8) is 0 Å². The molecule has 4 rings (SSSR count). The number of anilines is 1. The van der Waals surface area contributed by atoms with Crippen LogP contribution in [0.3, 0.4) is 0 Å². The molecule has 3 heterocycles. The van der Waals surface area contributed by atoms with E-state index in [2.05, 4.69) is 16.9 Å². The van der Waals surface area contributed by atoms with E-state index in [1.807, 2.05) is 12.1 Å². The summed E-state index contributed by atoms with van der Waals surface area (Å²) in [6.07, 6.45) is 1.92. The van der Waals surface area contributed by atoms with Gasteiger partial charge in [0, 0.05) is 25.1 Å². The molecule has 0 fully saturated rings. The van der Waals surface area contributed by atoms with Crippen LogP contribution < -0.4 is 20.3 Å². The molecule has 1 aromatic carbocycles. The van der Waals surface area contributed by atoms with Crippen molar-refractivity contribution in [2.75, 3.05) is 17.9 Å². The highest BCUT2D eigenvalue weighted by molar-refractivity contribution is 7.99. The number of ether oxygens (including phenoxy) is 2. The van der Waals surface area contributed by atoms with Crippen LogP contribution in [0.15, 0.2) is 40.8 Å². The van der Waals surface area contributed by atoms with Gasteiger partial charge in [-0.15, -0.1) is 6.58 Å². The Bertz CT molecular complexity index is 970. The van der Waals surface area contributed by atoms with Crippen LogP contribution in [-0.4, -0.2) is 28.0 Å². The molecule has 0 saturated heterocycles. The number of aromatic nitrogens is 2. The number of carbonyl (C=O) groups is 1. The van der Waals surface area contributed by atoms with Crippen LogP contribution in [0, 0.1) is 0 Å². The quantitative estimate of drug-likeness (QED) is 0.504. The predicted octanol–water partition coefficient (Wildman–Crippen LogP) is 2.26. The third-order valence-corrected chi connectivity index (χ3v) is 5.46. The molecule has 1 amide bonds. The Labute approximate surface area is 154 Å². The maximum Gasteiger partial charge on any atom is 0.279 e. The van der Waals surface area contributed by atoms with Gasteiger partial charge in [0.25, 0.3) is 5.56 Å². The molecule has 2 aliphatic heterocycles. The molecule has 1 aromatic heterocycles. The lowest BCUT2D eigenvalue weighted by atomic mass is 9.86. The molecule has 0 saturated carbocycles. The molecule has 0 radical (unpaired) electrons. The van der Waals surface area contributed by atoms with Gasteiger partial charge in [0.15, 0.2) is 16.7 Å². The zero-order valence-electron chi connectivity index (χ0n) is 14.2. The van der Waals surface area contributed by atoms with Crippen LogP contribution in [0.25, 0.3) is 0 Å². The molecular formula is C18H17N3O4S. The van der Waals surface area contributed by atoms with Crippen molar-refractivity contribution in [3.8, 4) is 11.5 Å². The SMILES string of the molecule is C=CCSc1nc(=O)c2c(n1C)NC(=O)CC2c1ccc2c(c1)OCO2. The van der Waals surface area contributed by atoms with Crippen LogP contribution in [0.4, 0.5) is 5.82 Å². The summed E-state index contributed by atoms with van der Waals surface area (Å²) in [6, 6.07) is 5.49. The van der Waals surface area contributed by atoms with Crippen molar-refractivity contribution in [3.05, 3.63) is 52.3 Å².